The lowest BCUT2D eigenvalue weighted by atomic mass is 10.0. The van der Waals surface area contributed by atoms with Gasteiger partial charge in [-0.1, -0.05) is 13.8 Å². The molecule has 16 heavy (non-hydrogen) atoms. The summed E-state index contributed by atoms with van der Waals surface area (Å²) in [4.78, 5) is 22.6. The quantitative estimate of drug-likeness (QED) is 0.762. The van der Waals surface area contributed by atoms with Gasteiger partial charge in [0.2, 0.25) is 0 Å². The van der Waals surface area contributed by atoms with Gasteiger partial charge in [0, 0.05) is 0 Å². The van der Waals surface area contributed by atoms with Crippen molar-refractivity contribution in [3.05, 3.63) is 0 Å². The van der Waals surface area contributed by atoms with E-state index in [1.165, 1.54) is 13.8 Å². The van der Waals surface area contributed by atoms with Crippen LogP contribution in [0, 0.1) is 5.92 Å². The Labute approximate surface area is 94.3 Å². The van der Waals surface area contributed by atoms with E-state index >= 15 is 0 Å². The molecule has 0 radical (unpaired) electrons. The average Bonchev–Trinajstić information content (AvgIpc) is 2.10. The number of sulfonamides is 1. The molecule has 0 unspecified atom stereocenters. The average molecular weight is 249 g/mol. The SMILES string of the molecule is CC(C)[C@@H](C(=O)O)N1C(=O)C(C)(C)S1(=O)=O. The lowest BCUT2D eigenvalue weighted by Gasteiger charge is -2.46. The first kappa shape index (κ1) is 13.0. The third-order valence-corrected chi connectivity index (χ3v) is 5.13. The fourth-order valence-corrected chi connectivity index (χ4v) is 3.38. The fraction of sp³-hybridized carbons (Fsp3) is 0.778. The van der Waals surface area contributed by atoms with E-state index in [0.717, 1.165) is 0 Å². The van der Waals surface area contributed by atoms with Crippen LogP contribution in [0.3, 0.4) is 0 Å². The summed E-state index contributed by atoms with van der Waals surface area (Å²) in [5.74, 6) is -2.43. The van der Waals surface area contributed by atoms with E-state index < -0.39 is 38.6 Å². The zero-order valence-corrected chi connectivity index (χ0v) is 10.4. The van der Waals surface area contributed by atoms with Crippen LogP contribution in [0.15, 0.2) is 0 Å². The lowest BCUT2D eigenvalue weighted by Crippen LogP contribution is -2.71. The van der Waals surface area contributed by atoms with Crippen LogP contribution in [0.2, 0.25) is 0 Å². The van der Waals surface area contributed by atoms with Gasteiger partial charge >= 0.3 is 5.97 Å². The first-order valence-corrected chi connectivity index (χ1v) is 6.30. The minimum Gasteiger partial charge on any atom is -0.480 e. The van der Waals surface area contributed by atoms with Crippen molar-refractivity contribution in [3.8, 4) is 0 Å². The van der Waals surface area contributed by atoms with Crippen LogP contribution in [-0.4, -0.2) is 40.5 Å². The van der Waals surface area contributed by atoms with Crippen LogP contribution in [0.1, 0.15) is 27.7 Å². The molecule has 1 amide bonds. The Morgan fingerprint density at radius 3 is 2.06 bits per heavy atom. The molecule has 6 nitrogen and oxygen atoms in total. The molecule has 92 valence electrons. The molecule has 1 heterocycles. The topological polar surface area (TPSA) is 91.8 Å². The summed E-state index contributed by atoms with van der Waals surface area (Å²) in [6.07, 6.45) is 0. The third-order valence-electron chi connectivity index (χ3n) is 2.76. The minimum absolute atomic E-state index is 0.465. The van der Waals surface area contributed by atoms with E-state index in [9.17, 15) is 18.0 Å². The summed E-state index contributed by atoms with van der Waals surface area (Å²) in [5, 5.41) is 8.94. The van der Waals surface area contributed by atoms with Crippen molar-refractivity contribution >= 4 is 21.9 Å². The molecular formula is C9H15NO5S. The van der Waals surface area contributed by atoms with Gasteiger partial charge < -0.3 is 5.11 Å². The molecule has 0 aromatic rings. The number of carboxylic acid groups (broad SMARTS) is 1. The van der Waals surface area contributed by atoms with Gasteiger partial charge in [-0.2, -0.15) is 0 Å². The molecule has 1 aliphatic rings. The van der Waals surface area contributed by atoms with Crippen molar-refractivity contribution in [2.45, 2.75) is 38.5 Å². The largest absolute Gasteiger partial charge is 0.480 e. The van der Waals surface area contributed by atoms with Gasteiger partial charge in [0.15, 0.2) is 4.75 Å². The molecule has 1 saturated heterocycles. The summed E-state index contributed by atoms with van der Waals surface area (Å²) in [5.41, 5.74) is 0. The maximum absolute atomic E-state index is 11.8. The van der Waals surface area contributed by atoms with E-state index in [0.29, 0.717) is 4.31 Å². The summed E-state index contributed by atoms with van der Waals surface area (Å²) in [7, 11) is -3.84. The van der Waals surface area contributed by atoms with Gasteiger partial charge in [-0.15, -0.1) is 0 Å². The van der Waals surface area contributed by atoms with Gasteiger partial charge in [-0.3, -0.25) is 4.79 Å². The third kappa shape index (κ3) is 1.41. The van der Waals surface area contributed by atoms with Gasteiger partial charge in [0.25, 0.3) is 15.9 Å². The predicted molar refractivity (Wildman–Crippen MR) is 56.1 cm³/mol. The highest BCUT2D eigenvalue weighted by Gasteiger charge is 2.63. The number of rotatable bonds is 3. The van der Waals surface area contributed by atoms with Crippen LogP contribution in [0.4, 0.5) is 0 Å². The Balaban J connectivity index is 3.18. The number of carbonyl (C=O) groups excluding carboxylic acids is 1. The zero-order valence-electron chi connectivity index (χ0n) is 9.59. The predicted octanol–water partition coefficient (Wildman–Crippen LogP) is 0.0462. The number of nitrogens with zero attached hydrogens (tertiary/aromatic N) is 1. The van der Waals surface area contributed by atoms with Gasteiger partial charge in [0.05, 0.1) is 0 Å². The van der Waals surface area contributed by atoms with E-state index in [4.69, 9.17) is 5.11 Å². The van der Waals surface area contributed by atoms with E-state index in [2.05, 4.69) is 0 Å². The summed E-state index contributed by atoms with van der Waals surface area (Å²) < 4.78 is 22.5. The number of carboxylic acids is 1. The molecular weight excluding hydrogens is 234 g/mol. The fourth-order valence-electron chi connectivity index (χ4n) is 1.62. The maximum atomic E-state index is 11.8. The molecule has 0 aliphatic carbocycles. The minimum atomic E-state index is -3.84. The first-order chi connectivity index (χ1) is 7.05. The van der Waals surface area contributed by atoms with Crippen LogP contribution in [0.5, 0.6) is 0 Å². The van der Waals surface area contributed by atoms with Crippen LogP contribution >= 0.6 is 0 Å². The Hall–Kier alpha value is -1.11. The molecule has 1 N–H and O–H groups in total. The molecule has 1 aliphatic heterocycles. The van der Waals surface area contributed by atoms with Crippen LogP contribution in [-0.2, 0) is 19.6 Å². The van der Waals surface area contributed by atoms with Gasteiger partial charge in [0.1, 0.15) is 6.04 Å². The normalized spacial score (nSPS) is 24.1. The molecule has 1 rings (SSSR count). The summed E-state index contributed by atoms with van der Waals surface area (Å²) in [6, 6.07) is -1.31. The van der Waals surface area contributed by atoms with Crippen molar-refractivity contribution < 1.29 is 23.1 Å². The Morgan fingerprint density at radius 1 is 1.38 bits per heavy atom. The highest BCUT2D eigenvalue weighted by molar-refractivity contribution is 7.94. The standard InChI is InChI=1S/C9H15NO5S/c1-5(2)6(7(11)12)10-8(13)9(3,4)16(10,14)15/h5-6H,1-4H3,(H,11,12)/t6-/m0/s1. The van der Waals surface area contributed by atoms with E-state index in [1.807, 2.05) is 0 Å². The van der Waals surface area contributed by atoms with Crippen molar-refractivity contribution in [2.75, 3.05) is 0 Å². The molecule has 1 atom stereocenters. The highest BCUT2D eigenvalue weighted by atomic mass is 32.2. The molecule has 0 saturated carbocycles. The molecule has 7 heteroatoms. The molecule has 0 spiro atoms. The lowest BCUT2D eigenvalue weighted by molar-refractivity contribution is -0.150. The smallest absolute Gasteiger partial charge is 0.327 e. The van der Waals surface area contributed by atoms with Crippen molar-refractivity contribution in [1.82, 2.24) is 4.31 Å². The number of amides is 1. The van der Waals surface area contributed by atoms with Crippen LogP contribution in [0.25, 0.3) is 0 Å². The number of carbonyl (C=O) groups is 2. The van der Waals surface area contributed by atoms with Crippen molar-refractivity contribution in [3.63, 3.8) is 0 Å². The number of hydrogen-bond acceptors (Lipinski definition) is 4. The Kier molecular flexibility index (Phi) is 2.79. The zero-order chi connectivity index (χ0) is 12.9. The Morgan fingerprint density at radius 2 is 1.81 bits per heavy atom. The summed E-state index contributed by atoms with van der Waals surface area (Å²) in [6.45, 7) is 5.68. The van der Waals surface area contributed by atoms with Gasteiger partial charge in [-0.25, -0.2) is 17.5 Å². The Bertz CT molecular complexity index is 437. The second-order valence-electron chi connectivity index (χ2n) is 4.64. The number of aliphatic carboxylic acids is 1. The van der Waals surface area contributed by atoms with Gasteiger partial charge in [-0.05, 0) is 19.8 Å². The molecule has 1 fully saturated rings. The highest BCUT2D eigenvalue weighted by Crippen LogP contribution is 2.38. The molecule has 0 aromatic carbocycles. The first-order valence-electron chi connectivity index (χ1n) is 4.86. The van der Waals surface area contributed by atoms with Crippen molar-refractivity contribution in [2.24, 2.45) is 5.92 Å². The molecule has 0 aromatic heterocycles. The number of hydrogen-bond donors (Lipinski definition) is 1. The second kappa shape index (κ2) is 3.44. The molecule has 0 bridgehead atoms. The monoisotopic (exact) mass is 249 g/mol. The van der Waals surface area contributed by atoms with Crippen LogP contribution < -0.4 is 0 Å². The van der Waals surface area contributed by atoms with E-state index in [1.54, 1.807) is 13.8 Å². The second-order valence-corrected chi connectivity index (χ2v) is 7.01. The summed E-state index contributed by atoms with van der Waals surface area (Å²) >= 11 is 0. The van der Waals surface area contributed by atoms with Crippen molar-refractivity contribution in [1.29, 1.82) is 0 Å². The maximum Gasteiger partial charge on any atom is 0.327 e. The van der Waals surface area contributed by atoms with E-state index in [-0.39, 0.29) is 0 Å².